The molecule has 0 radical (unpaired) electrons. The Bertz CT molecular complexity index is 1570. The van der Waals surface area contributed by atoms with Gasteiger partial charge in [0.25, 0.3) is 0 Å². The van der Waals surface area contributed by atoms with Crippen LogP contribution in [0.2, 0.25) is 0 Å². The van der Waals surface area contributed by atoms with Gasteiger partial charge < -0.3 is 30.1 Å². The molecule has 0 spiro atoms. The van der Waals surface area contributed by atoms with Crippen LogP contribution in [0.4, 0.5) is 4.79 Å². The fraction of sp³-hybridized carbons (Fsp3) is 0.344. The van der Waals surface area contributed by atoms with Crippen LogP contribution in [0.3, 0.4) is 0 Å². The first-order valence-electron chi connectivity index (χ1n) is 14.4. The van der Waals surface area contributed by atoms with Gasteiger partial charge in [-0.2, -0.15) is 0 Å². The molecular formula is C32H36N6O5. The molecule has 1 aliphatic rings. The van der Waals surface area contributed by atoms with Crippen molar-refractivity contribution in [2.75, 3.05) is 0 Å². The molecule has 224 valence electrons. The lowest BCUT2D eigenvalue weighted by Crippen LogP contribution is -2.58. The first-order chi connectivity index (χ1) is 20.8. The molecule has 1 aliphatic heterocycles. The summed E-state index contributed by atoms with van der Waals surface area (Å²) in [6.45, 7) is 4.10. The number of aromatic nitrogens is 3. The molecule has 11 nitrogen and oxygen atoms in total. The number of benzene rings is 2. The number of amides is 3. The van der Waals surface area contributed by atoms with Crippen molar-refractivity contribution in [2.24, 2.45) is 5.92 Å². The van der Waals surface area contributed by atoms with E-state index in [0.29, 0.717) is 18.4 Å². The summed E-state index contributed by atoms with van der Waals surface area (Å²) in [6.07, 6.45) is 3.95. The second kappa shape index (κ2) is 13.4. The molecule has 0 saturated carbocycles. The summed E-state index contributed by atoms with van der Waals surface area (Å²) < 4.78 is 5.64. The van der Waals surface area contributed by atoms with E-state index in [0.717, 1.165) is 27.7 Å². The third kappa shape index (κ3) is 7.11. The number of fused-ring (bicyclic) bond motifs is 3. The number of nitrogens with one attached hydrogen (secondary N) is 4. The number of H-pyrrole nitrogens is 2. The highest BCUT2D eigenvalue weighted by Gasteiger charge is 2.39. The molecule has 11 heteroatoms. The molecule has 1 unspecified atom stereocenters. The highest BCUT2D eigenvalue weighted by atomic mass is 16.6. The Labute approximate surface area is 249 Å². The maximum atomic E-state index is 14.0. The smallest absolute Gasteiger partial charge is 0.411 e. The fourth-order valence-corrected chi connectivity index (χ4v) is 5.47. The first kappa shape index (κ1) is 29.6. The minimum atomic E-state index is -1.02. The molecule has 5 rings (SSSR count). The molecule has 4 N–H and O–H groups in total. The summed E-state index contributed by atoms with van der Waals surface area (Å²) in [5.74, 6) is -0.819. The van der Waals surface area contributed by atoms with E-state index in [4.69, 9.17) is 4.74 Å². The summed E-state index contributed by atoms with van der Waals surface area (Å²) in [5.41, 5.74) is 4.13. The van der Waals surface area contributed by atoms with Gasteiger partial charge in [-0.3, -0.25) is 14.5 Å². The zero-order valence-electron chi connectivity index (χ0n) is 24.2. The van der Waals surface area contributed by atoms with Crippen LogP contribution in [0.25, 0.3) is 10.9 Å². The monoisotopic (exact) mass is 584 g/mol. The molecule has 3 atom stereocenters. The zero-order chi connectivity index (χ0) is 30.3. The zero-order valence-corrected chi connectivity index (χ0v) is 24.2. The van der Waals surface area contributed by atoms with Gasteiger partial charge in [0, 0.05) is 41.3 Å². The predicted molar refractivity (Wildman–Crippen MR) is 160 cm³/mol. The number of aldehydes is 1. The molecule has 0 saturated heterocycles. The van der Waals surface area contributed by atoms with E-state index in [1.165, 1.54) is 11.2 Å². The fourth-order valence-electron chi connectivity index (χ4n) is 5.47. The van der Waals surface area contributed by atoms with Gasteiger partial charge in [0.2, 0.25) is 11.8 Å². The predicted octanol–water partition coefficient (Wildman–Crippen LogP) is 3.41. The minimum absolute atomic E-state index is 0.0534. The molecule has 3 amide bonds. The third-order valence-electron chi connectivity index (χ3n) is 7.58. The quantitative estimate of drug-likeness (QED) is 0.199. The van der Waals surface area contributed by atoms with Crippen molar-refractivity contribution in [2.45, 2.75) is 64.4 Å². The van der Waals surface area contributed by atoms with E-state index < -0.39 is 36.0 Å². The Balaban J connectivity index is 1.40. The largest absolute Gasteiger partial charge is 0.445 e. The SMILES string of the molecule is CC(C)C[C@@H](C=O)NC(=O)[C@H](Cc1cnc[nH]1)NC(=O)C1Cc2c([nH]c3ccccc23)CN1C(=O)OCc1ccccc1. The maximum Gasteiger partial charge on any atom is 0.411 e. The number of carbonyl (C=O) groups is 4. The number of hydrogen-bond donors (Lipinski definition) is 4. The number of nitrogens with zero attached hydrogens (tertiary/aromatic N) is 2. The van der Waals surface area contributed by atoms with E-state index in [1.54, 1.807) is 6.20 Å². The molecule has 43 heavy (non-hydrogen) atoms. The maximum absolute atomic E-state index is 14.0. The molecule has 0 fully saturated rings. The van der Waals surface area contributed by atoms with E-state index >= 15 is 0 Å². The van der Waals surface area contributed by atoms with Crippen molar-refractivity contribution in [3.05, 3.63) is 89.6 Å². The number of carbonyl (C=O) groups excluding carboxylic acids is 4. The average Bonchev–Trinajstić information content (AvgIpc) is 3.66. The molecular weight excluding hydrogens is 548 g/mol. The van der Waals surface area contributed by atoms with Gasteiger partial charge >= 0.3 is 6.09 Å². The van der Waals surface area contributed by atoms with Crippen molar-refractivity contribution in [1.82, 2.24) is 30.5 Å². The highest BCUT2D eigenvalue weighted by Crippen LogP contribution is 2.31. The third-order valence-corrected chi connectivity index (χ3v) is 7.58. The number of ether oxygens (including phenoxy) is 1. The summed E-state index contributed by atoms with van der Waals surface area (Å²) in [6, 6.07) is 14.4. The van der Waals surface area contributed by atoms with Gasteiger partial charge in [-0.05, 0) is 29.5 Å². The van der Waals surface area contributed by atoms with Crippen LogP contribution in [0.5, 0.6) is 0 Å². The van der Waals surface area contributed by atoms with Gasteiger partial charge in [0.05, 0.1) is 18.9 Å². The number of rotatable bonds is 11. The second-order valence-corrected chi connectivity index (χ2v) is 11.2. The van der Waals surface area contributed by atoms with Crippen LogP contribution in [0, 0.1) is 5.92 Å². The normalized spacial score (nSPS) is 15.9. The lowest BCUT2D eigenvalue weighted by molar-refractivity contribution is -0.132. The van der Waals surface area contributed by atoms with Gasteiger partial charge in [0.15, 0.2) is 0 Å². The van der Waals surface area contributed by atoms with Crippen molar-refractivity contribution >= 4 is 35.1 Å². The van der Waals surface area contributed by atoms with Crippen molar-refractivity contribution < 1.29 is 23.9 Å². The van der Waals surface area contributed by atoms with Crippen LogP contribution in [-0.2, 0) is 45.1 Å². The first-order valence-corrected chi connectivity index (χ1v) is 14.4. The Kier molecular flexibility index (Phi) is 9.19. The van der Waals surface area contributed by atoms with Gasteiger partial charge in [0.1, 0.15) is 25.0 Å². The Hall–Kier alpha value is -4.93. The number of hydrogen-bond acceptors (Lipinski definition) is 6. The van der Waals surface area contributed by atoms with E-state index in [2.05, 4.69) is 25.6 Å². The summed E-state index contributed by atoms with van der Waals surface area (Å²) in [5, 5.41) is 6.60. The van der Waals surface area contributed by atoms with E-state index in [1.807, 2.05) is 68.4 Å². The Morgan fingerprint density at radius 3 is 2.58 bits per heavy atom. The number of aromatic amines is 2. The molecule has 3 heterocycles. The van der Waals surface area contributed by atoms with Gasteiger partial charge in [-0.1, -0.05) is 62.4 Å². The lowest BCUT2D eigenvalue weighted by atomic mass is 9.96. The van der Waals surface area contributed by atoms with Crippen molar-refractivity contribution in [1.29, 1.82) is 0 Å². The van der Waals surface area contributed by atoms with Crippen LogP contribution < -0.4 is 10.6 Å². The number of para-hydroxylation sites is 1. The van der Waals surface area contributed by atoms with Crippen LogP contribution in [0.15, 0.2) is 67.1 Å². The Morgan fingerprint density at radius 1 is 1.09 bits per heavy atom. The topological polar surface area (TPSA) is 149 Å². The van der Waals surface area contributed by atoms with E-state index in [9.17, 15) is 19.2 Å². The minimum Gasteiger partial charge on any atom is -0.445 e. The second-order valence-electron chi connectivity index (χ2n) is 11.2. The lowest BCUT2D eigenvalue weighted by Gasteiger charge is -2.35. The molecule has 0 bridgehead atoms. The number of imidazole rings is 1. The summed E-state index contributed by atoms with van der Waals surface area (Å²) in [4.78, 5) is 64.3. The Morgan fingerprint density at radius 2 is 1.86 bits per heavy atom. The molecule has 2 aromatic heterocycles. The van der Waals surface area contributed by atoms with Crippen molar-refractivity contribution in [3.8, 4) is 0 Å². The summed E-state index contributed by atoms with van der Waals surface area (Å²) >= 11 is 0. The van der Waals surface area contributed by atoms with Crippen LogP contribution in [-0.4, -0.2) is 62.2 Å². The summed E-state index contributed by atoms with van der Waals surface area (Å²) in [7, 11) is 0. The van der Waals surface area contributed by atoms with Crippen LogP contribution in [0.1, 0.15) is 42.8 Å². The van der Waals surface area contributed by atoms with Crippen molar-refractivity contribution in [3.63, 3.8) is 0 Å². The molecule has 4 aromatic rings. The van der Waals surface area contributed by atoms with E-state index in [-0.39, 0.29) is 31.9 Å². The molecule has 0 aliphatic carbocycles. The van der Waals surface area contributed by atoms with Gasteiger partial charge in [-0.15, -0.1) is 0 Å². The molecule has 2 aromatic carbocycles. The van der Waals surface area contributed by atoms with Gasteiger partial charge in [-0.25, -0.2) is 9.78 Å². The average molecular weight is 585 g/mol. The highest BCUT2D eigenvalue weighted by molar-refractivity contribution is 5.94. The van der Waals surface area contributed by atoms with Crippen LogP contribution >= 0.6 is 0 Å². The standard InChI is InChI=1S/C32H36N6O5/c1-20(2)12-23(17-39)35-30(40)27(13-22-15-33-19-34-22)37-31(41)29-14-25-24-10-6-7-11-26(24)36-28(25)16-38(29)32(42)43-18-21-8-4-3-5-9-21/h3-11,15,17,19-20,23,27,29,36H,12-14,16,18H2,1-2H3,(H,33,34)(H,35,40)(H,37,41)/t23-,27-,29?/m0/s1.